The Morgan fingerprint density at radius 2 is 1.47 bits per heavy atom. The first-order chi connectivity index (χ1) is 18.3. The summed E-state index contributed by atoms with van der Waals surface area (Å²) in [7, 11) is 0. The van der Waals surface area contributed by atoms with Crippen LogP contribution in [0.15, 0.2) is 92.7 Å². The summed E-state index contributed by atoms with van der Waals surface area (Å²) in [5, 5.41) is 21.4. The molecule has 3 aromatic carbocycles. The SMILES string of the molecule is Cc1ccc(-c2oc(N=Cc3ccc(-c4ccc(C)c([N+](=O)[O-])c4)o3)c(C#N)c2-c2ccc(C)cc2)cc1. The minimum absolute atomic E-state index is 0.0237. The van der Waals surface area contributed by atoms with E-state index in [4.69, 9.17) is 8.83 Å². The minimum Gasteiger partial charge on any atom is -0.455 e. The molecule has 0 aliphatic rings. The number of aryl methyl sites for hydroxylation is 3. The van der Waals surface area contributed by atoms with Crippen LogP contribution in [0.4, 0.5) is 11.6 Å². The monoisotopic (exact) mass is 501 g/mol. The Balaban J connectivity index is 1.55. The van der Waals surface area contributed by atoms with Crippen LogP contribution < -0.4 is 0 Å². The van der Waals surface area contributed by atoms with E-state index in [1.165, 1.54) is 12.3 Å². The molecular formula is C31H23N3O4. The maximum Gasteiger partial charge on any atom is 0.273 e. The highest BCUT2D eigenvalue weighted by Gasteiger charge is 2.23. The van der Waals surface area contributed by atoms with Gasteiger partial charge in [0.2, 0.25) is 5.88 Å². The summed E-state index contributed by atoms with van der Waals surface area (Å²) < 4.78 is 12.1. The van der Waals surface area contributed by atoms with Gasteiger partial charge in [-0.05, 0) is 38.5 Å². The molecule has 0 saturated carbocycles. The molecular weight excluding hydrogens is 478 g/mol. The van der Waals surface area contributed by atoms with E-state index in [2.05, 4.69) is 11.1 Å². The molecule has 0 saturated heterocycles. The summed E-state index contributed by atoms with van der Waals surface area (Å²) in [5.41, 5.74) is 6.10. The van der Waals surface area contributed by atoms with E-state index >= 15 is 0 Å². The Morgan fingerprint density at radius 3 is 2.11 bits per heavy atom. The van der Waals surface area contributed by atoms with E-state index in [0.29, 0.717) is 39.5 Å². The molecule has 0 aliphatic heterocycles. The van der Waals surface area contributed by atoms with Crippen LogP contribution in [-0.4, -0.2) is 11.1 Å². The van der Waals surface area contributed by atoms with Gasteiger partial charge < -0.3 is 8.83 Å². The number of rotatable bonds is 6. The van der Waals surface area contributed by atoms with Crippen LogP contribution in [0.2, 0.25) is 0 Å². The van der Waals surface area contributed by atoms with Crippen molar-refractivity contribution in [1.82, 2.24) is 0 Å². The smallest absolute Gasteiger partial charge is 0.273 e. The van der Waals surface area contributed by atoms with Crippen molar-refractivity contribution in [2.45, 2.75) is 20.8 Å². The van der Waals surface area contributed by atoms with E-state index in [0.717, 1.165) is 22.3 Å². The van der Waals surface area contributed by atoms with Crippen molar-refractivity contribution in [3.63, 3.8) is 0 Å². The molecule has 38 heavy (non-hydrogen) atoms. The molecule has 2 aromatic heterocycles. The molecule has 0 spiro atoms. The molecule has 7 nitrogen and oxygen atoms in total. The van der Waals surface area contributed by atoms with Gasteiger partial charge in [-0.1, -0.05) is 71.8 Å². The molecule has 186 valence electrons. The van der Waals surface area contributed by atoms with Crippen LogP contribution in [0.3, 0.4) is 0 Å². The predicted molar refractivity (Wildman–Crippen MR) is 147 cm³/mol. The molecule has 0 fully saturated rings. The van der Waals surface area contributed by atoms with Crippen molar-refractivity contribution in [3.8, 4) is 39.8 Å². The number of nitriles is 1. The Hall–Kier alpha value is -5.22. The van der Waals surface area contributed by atoms with E-state index in [-0.39, 0.29) is 11.6 Å². The van der Waals surface area contributed by atoms with Crippen LogP contribution >= 0.6 is 0 Å². The van der Waals surface area contributed by atoms with Crippen LogP contribution in [0.25, 0.3) is 33.8 Å². The molecule has 5 aromatic rings. The van der Waals surface area contributed by atoms with Gasteiger partial charge in [-0.3, -0.25) is 10.1 Å². The average molecular weight is 502 g/mol. The van der Waals surface area contributed by atoms with Crippen molar-refractivity contribution in [3.05, 3.63) is 117 Å². The molecule has 0 N–H and O–H groups in total. The first-order valence-corrected chi connectivity index (χ1v) is 11.9. The van der Waals surface area contributed by atoms with Crippen molar-refractivity contribution in [1.29, 1.82) is 5.26 Å². The van der Waals surface area contributed by atoms with Crippen molar-refractivity contribution < 1.29 is 13.8 Å². The van der Waals surface area contributed by atoms with Gasteiger partial charge in [0.05, 0.1) is 11.1 Å². The average Bonchev–Trinajstić information content (AvgIpc) is 3.53. The van der Waals surface area contributed by atoms with Crippen LogP contribution in [0, 0.1) is 42.2 Å². The molecule has 7 heteroatoms. The second kappa shape index (κ2) is 10.0. The lowest BCUT2D eigenvalue weighted by Gasteiger charge is -2.05. The lowest BCUT2D eigenvalue weighted by atomic mass is 9.97. The van der Waals surface area contributed by atoms with Gasteiger partial charge >= 0.3 is 0 Å². The van der Waals surface area contributed by atoms with Crippen LogP contribution in [0.1, 0.15) is 28.0 Å². The molecule has 2 heterocycles. The summed E-state index contributed by atoms with van der Waals surface area (Å²) in [6, 6.07) is 26.4. The maximum absolute atomic E-state index is 11.3. The van der Waals surface area contributed by atoms with Gasteiger partial charge in [-0.15, -0.1) is 0 Å². The summed E-state index contributed by atoms with van der Waals surface area (Å²) in [4.78, 5) is 15.4. The van der Waals surface area contributed by atoms with Gasteiger partial charge in [0.1, 0.15) is 28.9 Å². The number of furan rings is 2. The van der Waals surface area contributed by atoms with E-state index < -0.39 is 4.92 Å². The molecule has 0 radical (unpaired) electrons. The Bertz CT molecular complexity index is 1720. The lowest BCUT2D eigenvalue weighted by molar-refractivity contribution is -0.385. The number of hydrogen-bond acceptors (Lipinski definition) is 6. The maximum atomic E-state index is 11.3. The lowest BCUT2D eigenvalue weighted by Crippen LogP contribution is -1.91. The van der Waals surface area contributed by atoms with Crippen molar-refractivity contribution >= 4 is 17.8 Å². The third kappa shape index (κ3) is 4.75. The highest BCUT2D eigenvalue weighted by Crippen LogP contribution is 2.42. The first-order valence-electron chi connectivity index (χ1n) is 11.9. The van der Waals surface area contributed by atoms with Crippen molar-refractivity contribution in [2.24, 2.45) is 4.99 Å². The highest BCUT2D eigenvalue weighted by molar-refractivity contribution is 5.89. The number of nitro benzene ring substituents is 1. The van der Waals surface area contributed by atoms with Gasteiger partial charge in [0, 0.05) is 28.3 Å². The second-order valence-electron chi connectivity index (χ2n) is 9.05. The first kappa shape index (κ1) is 24.5. The Morgan fingerprint density at radius 1 is 0.842 bits per heavy atom. The fourth-order valence-corrected chi connectivity index (χ4v) is 4.18. The predicted octanol–water partition coefficient (Wildman–Crippen LogP) is 8.33. The summed E-state index contributed by atoms with van der Waals surface area (Å²) in [6.07, 6.45) is 1.48. The van der Waals surface area contributed by atoms with E-state index in [1.807, 2.05) is 62.4 Å². The molecule has 0 bridgehead atoms. The number of nitro groups is 1. The van der Waals surface area contributed by atoms with Gasteiger partial charge in [0.25, 0.3) is 5.69 Å². The zero-order valence-electron chi connectivity index (χ0n) is 21.1. The molecule has 0 atom stereocenters. The summed E-state index contributed by atoms with van der Waals surface area (Å²) in [5.74, 6) is 1.61. The molecule has 5 rings (SSSR count). The van der Waals surface area contributed by atoms with E-state index in [9.17, 15) is 15.4 Å². The number of aliphatic imine (C=N–C) groups is 1. The largest absolute Gasteiger partial charge is 0.455 e. The standard InChI is InChI=1S/C31H23N3O4/c1-19-4-9-22(10-5-19)29-26(17-32)31(38-30(29)23-11-6-20(2)7-12-23)33-18-25-14-15-28(37-25)24-13-8-21(3)27(16-24)34(35)36/h4-16,18H,1-3H3. The van der Waals surface area contributed by atoms with Crippen LogP contribution in [0.5, 0.6) is 0 Å². The highest BCUT2D eigenvalue weighted by atomic mass is 16.6. The third-order valence-electron chi connectivity index (χ3n) is 6.28. The molecule has 0 aliphatic carbocycles. The zero-order valence-corrected chi connectivity index (χ0v) is 21.1. The fourth-order valence-electron chi connectivity index (χ4n) is 4.18. The second-order valence-corrected chi connectivity index (χ2v) is 9.05. The molecule has 0 unspecified atom stereocenters. The number of benzene rings is 3. The Kier molecular flexibility index (Phi) is 6.46. The summed E-state index contributed by atoms with van der Waals surface area (Å²) in [6.45, 7) is 5.71. The normalized spacial score (nSPS) is 11.1. The topological polar surface area (TPSA) is 106 Å². The zero-order chi connectivity index (χ0) is 26.8. The molecule has 0 amide bonds. The minimum atomic E-state index is -0.415. The van der Waals surface area contributed by atoms with Gasteiger partial charge in [-0.2, -0.15) is 5.26 Å². The quantitative estimate of drug-likeness (QED) is 0.132. The van der Waals surface area contributed by atoms with Crippen LogP contribution in [-0.2, 0) is 0 Å². The summed E-state index contributed by atoms with van der Waals surface area (Å²) >= 11 is 0. The van der Waals surface area contributed by atoms with Gasteiger partial charge in [-0.25, -0.2) is 4.99 Å². The number of hydrogen-bond donors (Lipinski definition) is 0. The Labute approximate surface area is 219 Å². The number of nitrogens with zero attached hydrogens (tertiary/aromatic N) is 3. The fraction of sp³-hybridized carbons (Fsp3) is 0.0968. The van der Waals surface area contributed by atoms with E-state index in [1.54, 1.807) is 31.2 Å². The third-order valence-corrected chi connectivity index (χ3v) is 6.28. The van der Waals surface area contributed by atoms with Gasteiger partial charge in [0.15, 0.2) is 0 Å². The van der Waals surface area contributed by atoms with Crippen molar-refractivity contribution in [2.75, 3.05) is 0 Å².